The Bertz CT molecular complexity index is 293. The van der Waals surface area contributed by atoms with Crippen LogP contribution in [0.15, 0.2) is 12.4 Å². The number of rotatable bonds is 2. The Morgan fingerprint density at radius 3 is 2.85 bits per heavy atom. The zero-order valence-corrected chi connectivity index (χ0v) is 8.43. The topological polar surface area (TPSA) is 67.9 Å². The summed E-state index contributed by atoms with van der Waals surface area (Å²) in [5, 5.41) is 7.39. The molecule has 1 aromatic heterocycles. The van der Waals surface area contributed by atoms with Gasteiger partial charge in [-0.3, -0.25) is 4.68 Å². The highest BCUT2D eigenvalue weighted by Gasteiger charge is 2.01. The third kappa shape index (κ3) is 2.67. The lowest BCUT2D eigenvalue weighted by molar-refractivity contribution is 0.532. The molecule has 0 unspecified atom stereocenters. The standard InChI is InChI=1S/C7H13N5S/c1-5(2)12-4-6(3-9-12)10-7(13)11-8/h3-5H,8H2,1-2H3,(H2,10,11,13). The quantitative estimate of drug-likeness (QED) is 0.370. The summed E-state index contributed by atoms with van der Waals surface area (Å²) in [6, 6.07) is 0.343. The van der Waals surface area contributed by atoms with Crippen molar-refractivity contribution in [1.82, 2.24) is 15.2 Å². The van der Waals surface area contributed by atoms with E-state index in [9.17, 15) is 0 Å². The summed E-state index contributed by atoms with van der Waals surface area (Å²) in [6.07, 6.45) is 3.57. The van der Waals surface area contributed by atoms with Gasteiger partial charge in [-0.2, -0.15) is 5.10 Å². The molecule has 0 bridgehead atoms. The normalized spacial score (nSPS) is 10.2. The van der Waals surface area contributed by atoms with Crippen molar-refractivity contribution in [3.63, 3.8) is 0 Å². The SMILES string of the molecule is CC(C)n1cc(NC(=S)NN)cn1. The van der Waals surface area contributed by atoms with Crippen LogP contribution in [0.3, 0.4) is 0 Å². The molecule has 0 amide bonds. The molecule has 1 aromatic rings. The van der Waals surface area contributed by atoms with Crippen LogP contribution in [-0.2, 0) is 0 Å². The largest absolute Gasteiger partial charge is 0.329 e. The molecule has 72 valence electrons. The molecular weight excluding hydrogens is 186 g/mol. The molecule has 0 spiro atoms. The van der Waals surface area contributed by atoms with Crippen molar-refractivity contribution in [2.75, 3.05) is 5.32 Å². The van der Waals surface area contributed by atoms with Crippen molar-refractivity contribution in [3.8, 4) is 0 Å². The predicted molar refractivity (Wildman–Crippen MR) is 56.2 cm³/mol. The minimum Gasteiger partial charge on any atom is -0.329 e. The van der Waals surface area contributed by atoms with Crippen molar-refractivity contribution >= 4 is 23.0 Å². The molecule has 0 fully saturated rings. The second-order valence-electron chi connectivity index (χ2n) is 2.90. The monoisotopic (exact) mass is 199 g/mol. The fourth-order valence-corrected chi connectivity index (χ4v) is 0.970. The molecule has 0 aliphatic heterocycles. The van der Waals surface area contributed by atoms with Gasteiger partial charge in [-0.15, -0.1) is 0 Å². The van der Waals surface area contributed by atoms with Gasteiger partial charge >= 0.3 is 0 Å². The fourth-order valence-electron chi connectivity index (χ4n) is 0.852. The lowest BCUT2D eigenvalue weighted by Crippen LogP contribution is -2.33. The van der Waals surface area contributed by atoms with Gasteiger partial charge in [0.2, 0.25) is 0 Å². The molecule has 0 radical (unpaired) electrons. The molecule has 1 heterocycles. The first-order valence-corrected chi connectivity index (χ1v) is 4.36. The number of hydrogen-bond donors (Lipinski definition) is 3. The number of nitrogens with one attached hydrogen (secondary N) is 2. The van der Waals surface area contributed by atoms with Crippen molar-refractivity contribution in [2.24, 2.45) is 5.84 Å². The molecule has 6 heteroatoms. The second kappa shape index (κ2) is 4.20. The number of aromatic nitrogens is 2. The van der Waals surface area contributed by atoms with Gasteiger partial charge in [0.25, 0.3) is 0 Å². The van der Waals surface area contributed by atoms with Gasteiger partial charge in [-0.05, 0) is 26.1 Å². The van der Waals surface area contributed by atoms with E-state index in [2.05, 4.69) is 29.7 Å². The van der Waals surface area contributed by atoms with E-state index in [4.69, 9.17) is 18.1 Å². The Hall–Kier alpha value is -1.14. The van der Waals surface area contributed by atoms with E-state index in [0.29, 0.717) is 11.2 Å². The Labute approximate surface area is 82.3 Å². The van der Waals surface area contributed by atoms with Crippen LogP contribution in [0.4, 0.5) is 5.69 Å². The Balaban J connectivity index is 2.64. The first-order valence-electron chi connectivity index (χ1n) is 3.95. The summed E-state index contributed by atoms with van der Waals surface area (Å²) < 4.78 is 1.83. The van der Waals surface area contributed by atoms with Crippen molar-refractivity contribution < 1.29 is 0 Å². The highest BCUT2D eigenvalue weighted by Crippen LogP contribution is 2.09. The lowest BCUT2D eigenvalue weighted by Gasteiger charge is -2.04. The maximum absolute atomic E-state index is 5.11. The van der Waals surface area contributed by atoms with E-state index < -0.39 is 0 Å². The van der Waals surface area contributed by atoms with Gasteiger partial charge in [-0.25, -0.2) is 5.84 Å². The van der Waals surface area contributed by atoms with E-state index >= 15 is 0 Å². The average molecular weight is 199 g/mol. The first kappa shape index (κ1) is 9.94. The Morgan fingerprint density at radius 1 is 1.69 bits per heavy atom. The third-order valence-electron chi connectivity index (χ3n) is 1.52. The summed E-state index contributed by atoms with van der Waals surface area (Å²) in [6.45, 7) is 4.10. The minimum absolute atomic E-state index is 0.343. The Kier molecular flexibility index (Phi) is 3.21. The van der Waals surface area contributed by atoms with Crippen molar-refractivity contribution in [2.45, 2.75) is 19.9 Å². The molecule has 0 saturated heterocycles. The third-order valence-corrected chi connectivity index (χ3v) is 1.74. The molecule has 0 aromatic carbocycles. The zero-order valence-electron chi connectivity index (χ0n) is 7.61. The maximum Gasteiger partial charge on any atom is 0.185 e. The highest BCUT2D eigenvalue weighted by molar-refractivity contribution is 7.80. The van der Waals surface area contributed by atoms with Gasteiger partial charge in [0.1, 0.15) is 0 Å². The van der Waals surface area contributed by atoms with E-state index in [1.165, 1.54) is 0 Å². The summed E-state index contributed by atoms with van der Waals surface area (Å²) >= 11 is 4.83. The van der Waals surface area contributed by atoms with Crippen LogP contribution < -0.4 is 16.6 Å². The summed E-state index contributed by atoms with van der Waals surface area (Å²) in [5.74, 6) is 5.11. The summed E-state index contributed by atoms with van der Waals surface area (Å²) in [5.41, 5.74) is 3.17. The Morgan fingerprint density at radius 2 is 2.38 bits per heavy atom. The molecule has 13 heavy (non-hydrogen) atoms. The van der Waals surface area contributed by atoms with Crippen LogP contribution in [-0.4, -0.2) is 14.9 Å². The molecule has 0 aliphatic carbocycles. The zero-order chi connectivity index (χ0) is 9.84. The average Bonchev–Trinajstić information content (AvgIpc) is 2.52. The molecule has 0 saturated carbocycles. The predicted octanol–water partition coefficient (Wildman–Crippen LogP) is 0.624. The van der Waals surface area contributed by atoms with Gasteiger partial charge in [-0.1, -0.05) is 0 Å². The molecular formula is C7H13N5S. The molecule has 5 nitrogen and oxygen atoms in total. The number of nitrogens with zero attached hydrogens (tertiary/aromatic N) is 2. The van der Waals surface area contributed by atoms with Gasteiger partial charge in [0.15, 0.2) is 5.11 Å². The van der Waals surface area contributed by atoms with Gasteiger partial charge in [0, 0.05) is 12.2 Å². The minimum atomic E-state index is 0.343. The van der Waals surface area contributed by atoms with Crippen molar-refractivity contribution in [1.29, 1.82) is 0 Å². The number of anilines is 1. The molecule has 0 atom stereocenters. The number of hydrogen-bond acceptors (Lipinski definition) is 3. The van der Waals surface area contributed by atoms with Crippen LogP contribution >= 0.6 is 12.2 Å². The van der Waals surface area contributed by atoms with E-state index in [0.717, 1.165) is 5.69 Å². The van der Waals surface area contributed by atoms with Crippen molar-refractivity contribution in [3.05, 3.63) is 12.4 Å². The smallest absolute Gasteiger partial charge is 0.185 e. The van der Waals surface area contributed by atoms with Gasteiger partial charge in [0.05, 0.1) is 11.9 Å². The summed E-state index contributed by atoms with van der Waals surface area (Å²) in [4.78, 5) is 0. The molecule has 1 rings (SSSR count). The molecule has 4 N–H and O–H groups in total. The van der Waals surface area contributed by atoms with Crippen LogP contribution in [0, 0.1) is 0 Å². The maximum atomic E-state index is 5.11. The number of thiocarbonyl (C=S) groups is 1. The number of hydrazine groups is 1. The van der Waals surface area contributed by atoms with Crippen LogP contribution in [0.5, 0.6) is 0 Å². The van der Waals surface area contributed by atoms with Crippen LogP contribution in [0.25, 0.3) is 0 Å². The van der Waals surface area contributed by atoms with E-state index in [1.54, 1.807) is 6.20 Å². The molecule has 0 aliphatic rings. The second-order valence-corrected chi connectivity index (χ2v) is 3.31. The van der Waals surface area contributed by atoms with Crippen LogP contribution in [0.2, 0.25) is 0 Å². The summed E-state index contributed by atoms with van der Waals surface area (Å²) in [7, 11) is 0. The first-order chi connectivity index (χ1) is 6.13. The van der Waals surface area contributed by atoms with Crippen LogP contribution in [0.1, 0.15) is 19.9 Å². The highest BCUT2D eigenvalue weighted by atomic mass is 32.1. The van der Waals surface area contributed by atoms with Gasteiger partial charge < -0.3 is 10.7 Å². The van der Waals surface area contributed by atoms with E-state index in [1.807, 2.05) is 10.9 Å². The van der Waals surface area contributed by atoms with E-state index in [-0.39, 0.29) is 0 Å². The fraction of sp³-hybridized carbons (Fsp3) is 0.429. The number of nitrogens with two attached hydrogens (primary N) is 1. The lowest BCUT2D eigenvalue weighted by atomic mass is 10.4.